The number of fused-ring (bicyclic) bond motifs is 5. The van der Waals surface area contributed by atoms with Crippen LogP contribution >= 0.6 is 0 Å². The smallest absolute Gasteiger partial charge is 0.338 e. The lowest BCUT2D eigenvalue weighted by Crippen LogP contribution is -2.80. The summed E-state index contributed by atoms with van der Waals surface area (Å²) >= 11 is 0. The van der Waals surface area contributed by atoms with Gasteiger partial charge in [-0.3, -0.25) is 9.59 Å². The summed E-state index contributed by atoms with van der Waals surface area (Å²) in [6.45, 7) is 15.5. The monoisotopic (exact) mass is 657 g/mol. The number of ether oxygens (including phenoxy) is 4. The molecule has 1 aliphatic carbocycles. The fraction of sp³-hybridized carbons (Fsp3) is 0.686. The maximum absolute atomic E-state index is 15.4. The minimum atomic E-state index is -2.33. The molecule has 2 unspecified atom stereocenters. The second-order valence-corrected chi connectivity index (χ2v) is 19.0. The number of carbonyl (C=O) groups excluding carboxylic acids is 3. The Morgan fingerprint density at radius 1 is 1.07 bits per heavy atom. The highest BCUT2D eigenvalue weighted by molar-refractivity contribution is 6.73. The highest BCUT2D eigenvalue weighted by Crippen LogP contribution is 2.66. The summed E-state index contributed by atoms with van der Waals surface area (Å²) in [5, 5.41) is 16.1. The molecule has 3 aliphatic heterocycles. The number of nitrogens with one attached hydrogen (secondary N) is 1. The maximum atomic E-state index is 15.4. The molecular weight excluding hydrogens is 606 g/mol. The van der Waals surface area contributed by atoms with E-state index < -0.39 is 72.8 Å². The predicted octanol–water partition coefficient (Wildman–Crippen LogP) is 4.56. The minimum absolute atomic E-state index is 0.0164. The summed E-state index contributed by atoms with van der Waals surface area (Å²) in [6, 6.07) is 11.1. The van der Waals surface area contributed by atoms with Gasteiger partial charge in [0.2, 0.25) is 5.79 Å². The summed E-state index contributed by atoms with van der Waals surface area (Å²) in [7, 11) is -0.515. The Morgan fingerprint density at radius 3 is 2.22 bits per heavy atom. The zero-order valence-electron chi connectivity index (χ0n) is 28.7. The zero-order valence-corrected chi connectivity index (χ0v) is 29.7. The SMILES string of the molecule is CC[Si](CC)(CC)O[C@H]1C[C@H]2OC[C@@]2(OC(C)=O)C2C(OC(=O)c3ccccc3)[C@@]3(O)O[C@@H](C(=O)[C@@]21C)/C(=C(\C)CNC)C3(C)C. The highest BCUT2D eigenvalue weighted by atomic mass is 28.4. The lowest BCUT2D eigenvalue weighted by atomic mass is 9.49. The van der Waals surface area contributed by atoms with Crippen molar-refractivity contribution in [2.75, 3.05) is 20.2 Å². The van der Waals surface area contributed by atoms with Gasteiger partial charge in [-0.15, -0.1) is 0 Å². The average molecular weight is 658 g/mol. The molecule has 8 atom stereocenters. The van der Waals surface area contributed by atoms with Crippen LogP contribution in [0.25, 0.3) is 0 Å². The molecule has 1 aromatic rings. The van der Waals surface area contributed by atoms with E-state index in [1.165, 1.54) is 6.92 Å². The Kier molecular flexibility index (Phi) is 9.29. The van der Waals surface area contributed by atoms with Gasteiger partial charge in [-0.25, -0.2) is 4.79 Å². The van der Waals surface area contributed by atoms with Gasteiger partial charge in [-0.1, -0.05) is 58.4 Å². The van der Waals surface area contributed by atoms with Gasteiger partial charge in [0.15, 0.2) is 25.8 Å². The fourth-order valence-electron chi connectivity index (χ4n) is 8.90. The van der Waals surface area contributed by atoms with Gasteiger partial charge in [-0.2, -0.15) is 0 Å². The van der Waals surface area contributed by atoms with Crippen LogP contribution in [-0.4, -0.2) is 87.1 Å². The Hall–Kier alpha value is -2.41. The molecule has 5 rings (SSSR count). The van der Waals surface area contributed by atoms with Crippen molar-refractivity contribution >= 4 is 26.0 Å². The van der Waals surface area contributed by atoms with Crippen LogP contribution in [0.5, 0.6) is 0 Å². The molecule has 2 bridgehead atoms. The maximum Gasteiger partial charge on any atom is 0.338 e. The summed E-state index contributed by atoms with van der Waals surface area (Å²) in [4.78, 5) is 42.2. The van der Waals surface area contributed by atoms with Gasteiger partial charge in [0, 0.05) is 25.3 Å². The molecular formula is C35H51NO9Si. The van der Waals surface area contributed by atoms with E-state index in [9.17, 15) is 14.7 Å². The molecule has 1 saturated carbocycles. The van der Waals surface area contributed by atoms with Crippen LogP contribution in [0.15, 0.2) is 41.5 Å². The predicted molar refractivity (Wildman–Crippen MR) is 173 cm³/mol. The number of Topliss-reactive ketones (excluding diaryl/α,β-unsaturated/α-hetero) is 1. The zero-order chi connectivity index (χ0) is 33.9. The number of likely N-dealkylation sites (N-methyl/N-ethyl adjacent to an activating group) is 1. The van der Waals surface area contributed by atoms with Crippen molar-refractivity contribution in [3.05, 3.63) is 47.0 Å². The van der Waals surface area contributed by atoms with E-state index in [4.69, 9.17) is 23.4 Å². The third kappa shape index (κ3) is 4.95. The Labute approximate surface area is 273 Å². The molecule has 0 spiro atoms. The van der Waals surface area contributed by atoms with Crippen molar-refractivity contribution in [3.63, 3.8) is 0 Å². The first kappa shape index (κ1) is 34.9. The Morgan fingerprint density at radius 2 is 1.70 bits per heavy atom. The van der Waals surface area contributed by atoms with Gasteiger partial charge >= 0.3 is 11.9 Å². The molecule has 10 nitrogen and oxygen atoms in total. The number of hydrogen-bond acceptors (Lipinski definition) is 10. The number of carbonyl (C=O) groups is 3. The standard InChI is InChI=1S/C35H51NO9Si/c1-10-46(11-2,12-3)45-24-18-25-34(20-41-25,43-22(5)37)28-30(42-31(39)23-16-14-13-15-17-23)35(40)32(6,7)26(21(4)19-36-9)27(44-35)29(38)33(24,28)8/h13-17,24-25,27-28,30,36,40H,10-12,18-20H2,1-9H3/b26-21-/t24-,25+,27+,28?,30?,33+,34-,35+/m0/s1. The molecule has 0 aromatic heterocycles. The van der Waals surface area contributed by atoms with E-state index in [0.717, 1.165) is 23.7 Å². The molecule has 4 aliphatic rings. The van der Waals surface area contributed by atoms with E-state index in [0.29, 0.717) is 18.5 Å². The molecule has 3 heterocycles. The highest BCUT2D eigenvalue weighted by Gasteiger charge is 2.81. The van der Waals surface area contributed by atoms with Crippen molar-refractivity contribution in [2.45, 2.75) is 116 Å². The van der Waals surface area contributed by atoms with E-state index in [1.54, 1.807) is 30.3 Å². The van der Waals surface area contributed by atoms with Crippen LogP contribution in [0.1, 0.15) is 72.2 Å². The number of hydrogen-bond donors (Lipinski definition) is 2. The Bertz CT molecular complexity index is 1390. The van der Waals surface area contributed by atoms with Gasteiger partial charge in [-0.05, 0) is 56.7 Å². The summed E-state index contributed by atoms with van der Waals surface area (Å²) in [5.41, 5.74) is -2.17. The van der Waals surface area contributed by atoms with Crippen molar-refractivity contribution in [3.8, 4) is 0 Å². The number of aliphatic hydroxyl groups is 1. The van der Waals surface area contributed by atoms with Crippen LogP contribution in [0, 0.1) is 16.7 Å². The molecule has 2 N–H and O–H groups in total. The summed E-state index contributed by atoms with van der Waals surface area (Å²) < 4.78 is 32.5. The van der Waals surface area contributed by atoms with Crippen LogP contribution in [-0.2, 0) is 33.0 Å². The molecule has 4 fully saturated rings. The van der Waals surface area contributed by atoms with Gasteiger partial charge in [0.05, 0.1) is 29.6 Å². The normalized spacial score (nSPS) is 37.3. The lowest BCUT2D eigenvalue weighted by molar-refractivity contribution is -0.355. The molecule has 254 valence electrons. The lowest BCUT2D eigenvalue weighted by Gasteiger charge is -2.65. The van der Waals surface area contributed by atoms with Crippen molar-refractivity contribution in [1.29, 1.82) is 0 Å². The fourth-order valence-corrected chi connectivity index (χ4v) is 11.8. The molecule has 11 heteroatoms. The third-order valence-electron chi connectivity index (χ3n) is 11.7. The van der Waals surface area contributed by atoms with E-state index in [2.05, 4.69) is 26.1 Å². The van der Waals surface area contributed by atoms with E-state index in [-0.39, 0.29) is 18.0 Å². The van der Waals surface area contributed by atoms with Crippen LogP contribution < -0.4 is 5.32 Å². The number of benzene rings is 1. The van der Waals surface area contributed by atoms with E-state index in [1.807, 2.05) is 34.7 Å². The first-order chi connectivity index (χ1) is 21.6. The first-order valence-electron chi connectivity index (χ1n) is 16.7. The number of ketones is 1. The molecule has 3 saturated heterocycles. The molecule has 1 aromatic carbocycles. The van der Waals surface area contributed by atoms with Crippen LogP contribution in [0.2, 0.25) is 18.1 Å². The van der Waals surface area contributed by atoms with Gasteiger partial charge in [0.25, 0.3) is 0 Å². The molecule has 46 heavy (non-hydrogen) atoms. The quantitative estimate of drug-likeness (QED) is 0.210. The molecule has 0 radical (unpaired) electrons. The second-order valence-electron chi connectivity index (χ2n) is 14.3. The van der Waals surface area contributed by atoms with Gasteiger partial charge < -0.3 is 33.8 Å². The average Bonchev–Trinajstić information content (AvgIpc) is 3.20. The largest absolute Gasteiger partial charge is 0.453 e. The minimum Gasteiger partial charge on any atom is -0.453 e. The van der Waals surface area contributed by atoms with Crippen molar-refractivity contribution in [2.24, 2.45) is 16.7 Å². The Balaban J connectivity index is 1.81. The summed E-state index contributed by atoms with van der Waals surface area (Å²) in [6.07, 6.45) is -3.56. The van der Waals surface area contributed by atoms with Crippen LogP contribution in [0.4, 0.5) is 0 Å². The first-order valence-corrected chi connectivity index (χ1v) is 19.2. The van der Waals surface area contributed by atoms with Crippen molar-refractivity contribution < 1.29 is 42.9 Å². The summed E-state index contributed by atoms with van der Waals surface area (Å²) in [5.74, 6) is -4.73. The molecule has 0 amide bonds. The van der Waals surface area contributed by atoms with Gasteiger partial charge in [0.1, 0.15) is 12.2 Å². The van der Waals surface area contributed by atoms with Crippen molar-refractivity contribution in [1.82, 2.24) is 5.32 Å². The number of esters is 2. The number of rotatable bonds is 10. The van der Waals surface area contributed by atoms with E-state index >= 15 is 4.79 Å². The second kappa shape index (κ2) is 12.2. The van der Waals surface area contributed by atoms with Crippen LogP contribution in [0.3, 0.4) is 0 Å². The topological polar surface area (TPSA) is 130 Å². The third-order valence-corrected chi connectivity index (χ3v) is 16.4.